The molecule has 1 aliphatic carbocycles. The Balaban J connectivity index is 1.17. The molecule has 0 atom stereocenters. The Bertz CT molecular complexity index is 3430. The number of benzene rings is 7. The molecule has 4 nitrogen and oxygen atoms in total. The van der Waals surface area contributed by atoms with Crippen LogP contribution in [0.4, 0.5) is 34.1 Å². The Morgan fingerprint density at radius 2 is 0.903 bits per heavy atom. The van der Waals surface area contributed by atoms with Crippen LogP contribution in [0.3, 0.4) is 0 Å². The fraction of sp³-hybridized carbons (Fsp3) is 0.358. The van der Waals surface area contributed by atoms with Gasteiger partial charge in [0.25, 0.3) is 6.71 Å². The van der Waals surface area contributed by atoms with Crippen LogP contribution in [-0.2, 0) is 32.5 Å². The van der Waals surface area contributed by atoms with E-state index in [1.54, 1.807) is 0 Å². The lowest BCUT2D eigenvalue weighted by Crippen LogP contribution is -2.61. The van der Waals surface area contributed by atoms with Gasteiger partial charge in [0.05, 0.1) is 0 Å². The fourth-order valence-electron chi connectivity index (χ4n) is 11.8. The predicted octanol–water partition coefficient (Wildman–Crippen LogP) is 16.8. The minimum atomic E-state index is -0.136. The minimum Gasteiger partial charge on any atom is -0.436 e. The third-order valence-corrected chi connectivity index (χ3v) is 16.6. The van der Waals surface area contributed by atoms with Gasteiger partial charge in [-0.25, -0.2) is 4.98 Å². The van der Waals surface area contributed by atoms with Gasteiger partial charge in [-0.2, -0.15) is 0 Å². The molecule has 0 amide bonds. The first-order valence-electron chi connectivity index (χ1n) is 26.5. The number of hydrogen-bond donors (Lipinski definition) is 0. The Morgan fingerprint density at radius 1 is 0.431 bits per heavy atom. The second-order valence-corrected chi connectivity index (χ2v) is 26.9. The lowest BCUT2D eigenvalue weighted by atomic mass is 9.33. The number of fused-ring (bicyclic) bond motifs is 6. The summed E-state index contributed by atoms with van der Waals surface area (Å²) in [6.45, 7) is 37.4. The van der Waals surface area contributed by atoms with Gasteiger partial charge in [0.15, 0.2) is 5.58 Å². The smallest absolute Gasteiger partial charge is 0.252 e. The van der Waals surface area contributed by atoms with Gasteiger partial charge in [-0.3, -0.25) is 0 Å². The number of anilines is 6. The normalized spacial score (nSPS) is 16.1. The molecule has 0 saturated heterocycles. The van der Waals surface area contributed by atoms with Crippen molar-refractivity contribution in [1.82, 2.24) is 4.98 Å². The second-order valence-electron chi connectivity index (χ2n) is 26.9. The zero-order chi connectivity index (χ0) is 51.2. The summed E-state index contributed by atoms with van der Waals surface area (Å²) in [5, 5.41) is 0. The quantitative estimate of drug-likeness (QED) is 0.165. The fourth-order valence-corrected chi connectivity index (χ4v) is 11.8. The summed E-state index contributed by atoms with van der Waals surface area (Å²) in [6, 6.07) is 51.4. The SMILES string of the molecule is CC(C)(C)c1ccc(-c2ccc(-c3nc4cc5c(cc4o3)B3c4cc(C(C)(C)C)ccc4N(c4ccc(C(C)(C)C)cc4)c4cc(C(C)(C)C)cc(c43)N5c3ccc4c(c3)C(C)(C)CCC4(C)C)cc2)cc1. The highest BCUT2D eigenvalue weighted by atomic mass is 16.3. The zero-order valence-electron chi connectivity index (χ0n) is 45.9. The van der Waals surface area contributed by atoms with Gasteiger partial charge < -0.3 is 14.2 Å². The highest BCUT2D eigenvalue weighted by Gasteiger charge is 2.46. The molecule has 72 heavy (non-hydrogen) atoms. The number of oxazole rings is 1. The molecule has 8 aromatic rings. The van der Waals surface area contributed by atoms with Crippen molar-refractivity contribution in [1.29, 1.82) is 0 Å². The van der Waals surface area contributed by atoms with Crippen LogP contribution in [0, 0.1) is 0 Å². The lowest BCUT2D eigenvalue weighted by molar-refractivity contribution is 0.332. The van der Waals surface area contributed by atoms with Crippen LogP contribution in [0.1, 0.15) is 157 Å². The highest BCUT2D eigenvalue weighted by Crippen LogP contribution is 2.51. The lowest BCUT2D eigenvalue weighted by Gasteiger charge is -2.46. The Morgan fingerprint density at radius 3 is 1.47 bits per heavy atom. The summed E-state index contributed by atoms with van der Waals surface area (Å²) in [6.07, 6.45) is 2.32. The second kappa shape index (κ2) is 16.1. The van der Waals surface area contributed by atoms with Crippen molar-refractivity contribution in [3.8, 4) is 22.6 Å². The number of hydrogen-bond acceptors (Lipinski definition) is 4. The van der Waals surface area contributed by atoms with E-state index in [2.05, 4.69) is 254 Å². The molecule has 3 heterocycles. The summed E-state index contributed by atoms with van der Waals surface area (Å²) in [4.78, 5) is 10.5. The maximum atomic E-state index is 6.93. The molecule has 0 N–H and O–H groups in total. The van der Waals surface area contributed by atoms with Crippen molar-refractivity contribution >= 4 is 68.3 Å². The van der Waals surface area contributed by atoms with Gasteiger partial charge in [0.2, 0.25) is 5.89 Å². The molecule has 1 aromatic heterocycles. The summed E-state index contributed by atoms with van der Waals surface area (Å²) in [7, 11) is 0. The van der Waals surface area contributed by atoms with Crippen molar-refractivity contribution in [2.24, 2.45) is 0 Å². The van der Waals surface area contributed by atoms with E-state index >= 15 is 0 Å². The summed E-state index contributed by atoms with van der Waals surface area (Å²) >= 11 is 0. The van der Waals surface area contributed by atoms with Gasteiger partial charge in [-0.05, 0) is 173 Å². The van der Waals surface area contributed by atoms with Crippen molar-refractivity contribution in [3.63, 3.8) is 0 Å². The first-order valence-corrected chi connectivity index (χ1v) is 26.5. The molecular formula is C67H74BN3O. The molecule has 0 radical (unpaired) electrons. The highest BCUT2D eigenvalue weighted by molar-refractivity contribution is 7.00. The van der Waals surface area contributed by atoms with Crippen LogP contribution in [0.2, 0.25) is 0 Å². The van der Waals surface area contributed by atoms with E-state index in [0.29, 0.717) is 5.89 Å². The Hall–Kier alpha value is -6.33. The van der Waals surface area contributed by atoms with Crippen LogP contribution in [0.5, 0.6) is 0 Å². The molecule has 7 aromatic carbocycles. The molecule has 5 heteroatoms. The minimum absolute atomic E-state index is 0.0312. The van der Waals surface area contributed by atoms with Crippen LogP contribution >= 0.6 is 0 Å². The topological polar surface area (TPSA) is 32.5 Å². The van der Waals surface area contributed by atoms with E-state index in [-0.39, 0.29) is 39.2 Å². The molecule has 2 aliphatic heterocycles. The van der Waals surface area contributed by atoms with Gasteiger partial charge in [0, 0.05) is 39.7 Å². The molecule has 0 bridgehead atoms. The van der Waals surface area contributed by atoms with Crippen LogP contribution in [0.15, 0.2) is 138 Å². The van der Waals surface area contributed by atoms with E-state index in [0.717, 1.165) is 34.5 Å². The maximum Gasteiger partial charge on any atom is 0.252 e. The van der Waals surface area contributed by atoms with E-state index in [1.807, 2.05) is 0 Å². The van der Waals surface area contributed by atoms with E-state index in [1.165, 1.54) is 90.1 Å². The average Bonchev–Trinajstić information content (AvgIpc) is 3.74. The van der Waals surface area contributed by atoms with Gasteiger partial charge in [-0.1, -0.05) is 178 Å². The molecular weight excluding hydrogens is 874 g/mol. The number of rotatable bonds is 4. The number of aromatic nitrogens is 1. The molecule has 11 rings (SSSR count). The zero-order valence-corrected chi connectivity index (χ0v) is 45.9. The van der Waals surface area contributed by atoms with Crippen molar-refractivity contribution < 1.29 is 4.42 Å². The third-order valence-electron chi connectivity index (χ3n) is 16.6. The Labute approximate surface area is 431 Å². The molecule has 0 fully saturated rings. The largest absolute Gasteiger partial charge is 0.436 e. The van der Waals surface area contributed by atoms with Crippen molar-refractivity contribution in [2.45, 2.75) is 156 Å². The van der Waals surface area contributed by atoms with E-state index in [9.17, 15) is 0 Å². The predicted molar refractivity (Wildman–Crippen MR) is 309 cm³/mol. The van der Waals surface area contributed by atoms with Crippen LogP contribution in [-0.4, -0.2) is 11.7 Å². The molecule has 3 aliphatic rings. The van der Waals surface area contributed by atoms with E-state index < -0.39 is 0 Å². The number of nitrogens with zero attached hydrogens (tertiary/aromatic N) is 3. The van der Waals surface area contributed by atoms with Crippen molar-refractivity contribution in [2.75, 3.05) is 9.80 Å². The molecule has 0 saturated carbocycles. The summed E-state index contributed by atoms with van der Waals surface area (Å²) in [5.74, 6) is 0.628. The molecule has 0 spiro atoms. The van der Waals surface area contributed by atoms with E-state index in [4.69, 9.17) is 9.40 Å². The van der Waals surface area contributed by atoms with Crippen molar-refractivity contribution in [3.05, 3.63) is 167 Å². The summed E-state index contributed by atoms with van der Waals surface area (Å²) in [5.41, 5.74) is 24.2. The molecule has 0 unspecified atom stereocenters. The average molecular weight is 948 g/mol. The first kappa shape index (κ1) is 48.0. The van der Waals surface area contributed by atoms with Gasteiger partial charge in [0.1, 0.15) is 5.52 Å². The third kappa shape index (κ3) is 8.01. The standard InChI is InChI=1S/C67H74BN3O/c1-62(2,3)44-23-21-42(22-24-44)41-17-19-43(20-18-41)61-69-54-40-56-53(39-59(54)72-61)68-52-35-46(64(7,8)9)27-32-55(52)70(48-28-25-45(26-29-48)63(4,5)6)57-36-47(65(10,11)12)37-58(60(57)68)71(56)49-30-31-50-51(38-49)67(15,16)34-33-66(50,13)14/h17-32,35-40H,33-34H2,1-16H3. The maximum absolute atomic E-state index is 6.93. The molecule has 366 valence electrons. The Kier molecular flexibility index (Phi) is 10.7. The van der Waals surface area contributed by atoms with Gasteiger partial charge >= 0.3 is 0 Å². The van der Waals surface area contributed by atoms with Crippen LogP contribution in [0.25, 0.3) is 33.7 Å². The summed E-state index contributed by atoms with van der Waals surface area (Å²) < 4.78 is 6.93. The van der Waals surface area contributed by atoms with Crippen LogP contribution < -0.4 is 26.2 Å². The first-order chi connectivity index (χ1) is 33.7. The monoisotopic (exact) mass is 948 g/mol. The van der Waals surface area contributed by atoms with Gasteiger partial charge in [-0.15, -0.1) is 0 Å².